The van der Waals surface area contributed by atoms with Crippen molar-refractivity contribution in [1.82, 2.24) is 0 Å². The van der Waals surface area contributed by atoms with E-state index in [0.717, 1.165) is 3.77 Å². The highest BCUT2D eigenvalue weighted by Crippen LogP contribution is 2.15. The van der Waals surface area contributed by atoms with Gasteiger partial charge in [-0.3, -0.25) is 0 Å². The topological polar surface area (TPSA) is 13.1 Å². The Balaban J connectivity index is 2.32. The van der Waals surface area contributed by atoms with Crippen LogP contribution in [0.4, 0.5) is 0 Å². The predicted molar refractivity (Wildman–Crippen MR) is 54.7 cm³/mol. The molecule has 11 heavy (non-hydrogen) atoms. The molecule has 0 atom stereocenters. The molecular formula is C9H13IO. The Labute approximate surface area is 81.3 Å². The largest absolute Gasteiger partial charge is 0.458 e. The van der Waals surface area contributed by atoms with Crippen molar-refractivity contribution in [2.75, 3.05) is 0 Å². The zero-order chi connectivity index (χ0) is 8.10. The SMILES string of the molecule is CCCCCc1ccoc1I. The molecule has 0 saturated carbocycles. The van der Waals surface area contributed by atoms with E-state index in [1.807, 2.05) is 0 Å². The summed E-state index contributed by atoms with van der Waals surface area (Å²) in [6, 6.07) is 2.07. The highest BCUT2D eigenvalue weighted by atomic mass is 127. The summed E-state index contributed by atoms with van der Waals surface area (Å²) in [5, 5.41) is 0. The van der Waals surface area contributed by atoms with E-state index in [9.17, 15) is 0 Å². The summed E-state index contributed by atoms with van der Waals surface area (Å²) >= 11 is 2.24. The summed E-state index contributed by atoms with van der Waals surface area (Å²) in [6.07, 6.45) is 6.83. The second-order valence-electron chi connectivity index (χ2n) is 2.68. The molecule has 1 heterocycles. The van der Waals surface area contributed by atoms with Gasteiger partial charge in [0.15, 0.2) is 3.77 Å². The van der Waals surface area contributed by atoms with Crippen LogP contribution >= 0.6 is 22.6 Å². The Hall–Kier alpha value is 0.01000. The van der Waals surface area contributed by atoms with Gasteiger partial charge in [0.2, 0.25) is 0 Å². The van der Waals surface area contributed by atoms with Crippen LogP contribution in [0.1, 0.15) is 31.7 Å². The maximum Gasteiger partial charge on any atom is 0.166 e. The van der Waals surface area contributed by atoms with Crippen molar-refractivity contribution in [2.24, 2.45) is 0 Å². The quantitative estimate of drug-likeness (QED) is 0.598. The summed E-state index contributed by atoms with van der Waals surface area (Å²) in [7, 11) is 0. The molecule has 0 spiro atoms. The molecule has 0 saturated heterocycles. The lowest BCUT2D eigenvalue weighted by Gasteiger charge is -1.95. The van der Waals surface area contributed by atoms with E-state index in [0.29, 0.717) is 0 Å². The molecule has 0 unspecified atom stereocenters. The molecule has 1 nitrogen and oxygen atoms in total. The van der Waals surface area contributed by atoms with Crippen LogP contribution in [-0.2, 0) is 6.42 Å². The molecule has 0 aliphatic heterocycles. The number of hydrogen-bond donors (Lipinski definition) is 0. The molecule has 0 aromatic carbocycles. The third kappa shape index (κ3) is 2.85. The predicted octanol–water partition coefficient (Wildman–Crippen LogP) is 3.62. The van der Waals surface area contributed by atoms with Crippen molar-refractivity contribution >= 4 is 22.6 Å². The molecule has 0 bridgehead atoms. The summed E-state index contributed by atoms with van der Waals surface area (Å²) in [6.45, 7) is 2.22. The smallest absolute Gasteiger partial charge is 0.166 e. The lowest BCUT2D eigenvalue weighted by atomic mass is 10.1. The Bertz CT molecular complexity index is 205. The summed E-state index contributed by atoms with van der Waals surface area (Å²) in [4.78, 5) is 0. The van der Waals surface area contributed by atoms with Gasteiger partial charge in [-0.05, 0) is 41.5 Å². The van der Waals surface area contributed by atoms with E-state index in [-0.39, 0.29) is 0 Å². The monoisotopic (exact) mass is 264 g/mol. The van der Waals surface area contributed by atoms with Gasteiger partial charge in [-0.2, -0.15) is 0 Å². The lowest BCUT2D eigenvalue weighted by Crippen LogP contribution is -1.83. The van der Waals surface area contributed by atoms with E-state index >= 15 is 0 Å². The van der Waals surface area contributed by atoms with Gasteiger partial charge in [0, 0.05) is 5.56 Å². The highest BCUT2D eigenvalue weighted by molar-refractivity contribution is 14.1. The average Bonchev–Trinajstić information content (AvgIpc) is 2.37. The third-order valence-corrected chi connectivity index (χ3v) is 2.69. The van der Waals surface area contributed by atoms with Crippen molar-refractivity contribution in [3.05, 3.63) is 21.7 Å². The van der Waals surface area contributed by atoms with Crippen molar-refractivity contribution in [3.63, 3.8) is 0 Å². The molecule has 0 radical (unpaired) electrons. The third-order valence-electron chi connectivity index (χ3n) is 1.74. The minimum atomic E-state index is 1.05. The van der Waals surface area contributed by atoms with Gasteiger partial charge in [0.25, 0.3) is 0 Å². The number of unbranched alkanes of at least 4 members (excludes halogenated alkanes) is 2. The first-order valence-electron chi connectivity index (χ1n) is 4.06. The fourth-order valence-corrected chi connectivity index (χ4v) is 1.66. The standard InChI is InChI=1S/C9H13IO/c1-2-3-4-5-8-6-7-11-9(8)10/h6-7H,2-5H2,1H3. The van der Waals surface area contributed by atoms with Crippen LogP contribution in [0.2, 0.25) is 0 Å². The molecular weight excluding hydrogens is 251 g/mol. The molecule has 0 aliphatic carbocycles. The molecule has 1 aromatic heterocycles. The minimum absolute atomic E-state index is 1.05. The molecule has 2 heteroatoms. The van der Waals surface area contributed by atoms with Crippen LogP contribution in [0.5, 0.6) is 0 Å². The normalized spacial score (nSPS) is 10.4. The summed E-state index contributed by atoms with van der Waals surface area (Å²) in [5.41, 5.74) is 1.36. The highest BCUT2D eigenvalue weighted by Gasteiger charge is 2.00. The fraction of sp³-hybridized carbons (Fsp3) is 0.556. The van der Waals surface area contributed by atoms with E-state index < -0.39 is 0 Å². The number of hydrogen-bond acceptors (Lipinski definition) is 1. The van der Waals surface area contributed by atoms with E-state index in [4.69, 9.17) is 4.42 Å². The molecule has 62 valence electrons. The summed E-state index contributed by atoms with van der Waals surface area (Å²) in [5.74, 6) is 0. The van der Waals surface area contributed by atoms with E-state index in [1.54, 1.807) is 6.26 Å². The molecule has 0 fully saturated rings. The van der Waals surface area contributed by atoms with Crippen molar-refractivity contribution in [1.29, 1.82) is 0 Å². The molecule has 0 aliphatic rings. The molecule has 1 rings (SSSR count). The number of furan rings is 1. The average molecular weight is 264 g/mol. The zero-order valence-corrected chi connectivity index (χ0v) is 8.93. The van der Waals surface area contributed by atoms with Gasteiger partial charge in [-0.25, -0.2) is 0 Å². The second-order valence-corrected chi connectivity index (χ2v) is 3.66. The van der Waals surface area contributed by atoms with Crippen LogP contribution in [0.15, 0.2) is 16.7 Å². The van der Waals surface area contributed by atoms with Crippen molar-refractivity contribution < 1.29 is 4.42 Å². The Morgan fingerprint density at radius 3 is 2.82 bits per heavy atom. The lowest BCUT2D eigenvalue weighted by molar-refractivity contribution is 0.532. The first-order valence-corrected chi connectivity index (χ1v) is 5.14. The van der Waals surface area contributed by atoms with Crippen LogP contribution in [-0.4, -0.2) is 0 Å². The summed E-state index contributed by atoms with van der Waals surface area (Å²) < 4.78 is 6.24. The van der Waals surface area contributed by atoms with Gasteiger partial charge in [-0.15, -0.1) is 0 Å². The molecule has 1 aromatic rings. The van der Waals surface area contributed by atoms with Gasteiger partial charge >= 0.3 is 0 Å². The molecule has 0 N–H and O–H groups in total. The van der Waals surface area contributed by atoms with Crippen LogP contribution in [0.25, 0.3) is 0 Å². The number of rotatable bonds is 4. The Morgan fingerprint density at radius 1 is 1.45 bits per heavy atom. The van der Waals surface area contributed by atoms with Gasteiger partial charge < -0.3 is 4.42 Å². The van der Waals surface area contributed by atoms with E-state index in [1.165, 1.54) is 31.2 Å². The number of halogens is 1. The van der Waals surface area contributed by atoms with Gasteiger partial charge in [0.1, 0.15) is 0 Å². The van der Waals surface area contributed by atoms with Crippen molar-refractivity contribution in [2.45, 2.75) is 32.6 Å². The minimum Gasteiger partial charge on any atom is -0.458 e. The van der Waals surface area contributed by atoms with Crippen molar-refractivity contribution in [3.8, 4) is 0 Å². The maximum absolute atomic E-state index is 5.18. The molecule has 0 amide bonds. The first kappa shape index (κ1) is 9.10. The Morgan fingerprint density at radius 2 is 2.27 bits per heavy atom. The van der Waals surface area contributed by atoms with Crippen LogP contribution in [0, 0.1) is 3.77 Å². The van der Waals surface area contributed by atoms with Crippen LogP contribution in [0.3, 0.4) is 0 Å². The Kier molecular flexibility index (Phi) is 3.97. The number of aryl methyl sites for hydroxylation is 1. The van der Waals surface area contributed by atoms with Gasteiger partial charge in [0.05, 0.1) is 6.26 Å². The second kappa shape index (κ2) is 4.80. The first-order chi connectivity index (χ1) is 5.34. The van der Waals surface area contributed by atoms with Crippen LogP contribution < -0.4 is 0 Å². The van der Waals surface area contributed by atoms with E-state index in [2.05, 4.69) is 35.6 Å². The maximum atomic E-state index is 5.18. The fourth-order valence-electron chi connectivity index (χ4n) is 1.06. The zero-order valence-electron chi connectivity index (χ0n) is 6.77. The van der Waals surface area contributed by atoms with Gasteiger partial charge in [-0.1, -0.05) is 19.8 Å².